The number of carbonyl (C=O) groups excluding carboxylic acids is 1. The van der Waals surface area contributed by atoms with E-state index in [0.717, 1.165) is 49.1 Å². The van der Waals surface area contributed by atoms with Crippen LogP contribution in [0.3, 0.4) is 0 Å². The number of thioether (sulfide) groups is 1. The van der Waals surface area contributed by atoms with Crippen LogP contribution in [0.5, 0.6) is 0 Å². The zero-order chi connectivity index (χ0) is 21.6. The number of anilines is 1. The number of aryl methyl sites for hydroxylation is 1. The van der Waals surface area contributed by atoms with Crippen molar-refractivity contribution in [3.05, 3.63) is 64.9 Å². The summed E-state index contributed by atoms with van der Waals surface area (Å²) >= 11 is 7.37. The first-order valence-corrected chi connectivity index (χ1v) is 11.4. The molecule has 0 saturated carbocycles. The van der Waals surface area contributed by atoms with Crippen molar-refractivity contribution in [3.63, 3.8) is 0 Å². The molecule has 0 atom stereocenters. The van der Waals surface area contributed by atoms with E-state index in [1.165, 1.54) is 11.8 Å². The summed E-state index contributed by atoms with van der Waals surface area (Å²) in [6.45, 7) is 5.79. The molecule has 2 heterocycles. The van der Waals surface area contributed by atoms with Crippen LogP contribution >= 0.6 is 23.4 Å². The summed E-state index contributed by atoms with van der Waals surface area (Å²) in [6.07, 6.45) is 0. The van der Waals surface area contributed by atoms with Crippen molar-refractivity contribution < 1.29 is 9.53 Å². The number of aromatic nitrogens is 3. The smallest absolute Gasteiger partial charge is 0.234 e. The van der Waals surface area contributed by atoms with Crippen LogP contribution in [-0.4, -0.2) is 57.6 Å². The lowest BCUT2D eigenvalue weighted by Gasteiger charge is -2.26. The number of nitrogens with zero attached hydrogens (tertiary/aromatic N) is 4. The van der Waals surface area contributed by atoms with Gasteiger partial charge in [0.25, 0.3) is 0 Å². The van der Waals surface area contributed by atoms with Crippen LogP contribution in [0.15, 0.2) is 53.7 Å². The second-order valence-corrected chi connectivity index (χ2v) is 8.63. The van der Waals surface area contributed by atoms with E-state index in [-0.39, 0.29) is 11.7 Å². The van der Waals surface area contributed by atoms with Gasteiger partial charge in [-0.1, -0.05) is 41.6 Å². The van der Waals surface area contributed by atoms with E-state index in [9.17, 15) is 4.79 Å². The Bertz CT molecular complexity index is 1040. The Hall–Kier alpha value is -2.39. The topological polar surface area (TPSA) is 72.3 Å². The van der Waals surface area contributed by atoms with Crippen LogP contribution in [0.2, 0.25) is 5.02 Å². The molecule has 9 heteroatoms. The highest BCUT2D eigenvalue weighted by Gasteiger charge is 2.19. The van der Waals surface area contributed by atoms with E-state index in [0.29, 0.717) is 16.7 Å². The Kier molecular flexibility index (Phi) is 7.24. The highest BCUT2D eigenvalue weighted by Crippen LogP contribution is 2.24. The number of rotatable bonds is 7. The molecule has 1 saturated heterocycles. The molecule has 1 aromatic heterocycles. The molecule has 2 aromatic carbocycles. The first-order valence-electron chi connectivity index (χ1n) is 10.1. The number of halogens is 1. The van der Waals surface area contributed by atoms with Gasteiger partial charge in [0.2, 0.25) is 5.91 Å². The molecule has 0 spiro atoms. The van der Waals surface area contributed by atoms with E-state index in [1.54, 1.807) is 6.07 Å². The zero-order valence-electron chi connectivity index (χ0n) is 17.3. The molecule has 1 aliphatic heterocycles. The number of amides is 1. The van der Waals surface area contributed by atoms with Gasteiger partial charge in [-0.25, -0.2) is 0 Å². The molecule has 1 amide bonds. The maximum atomic E-state index is 12.5. The fourth-order valence-electron chi connectivity index (χ4n) is 3.38. The molecule has 1 fully saturated rings. The number of carbonyl (C=O) groups is 1. The standard InChI is InChI=1S/C22H24ClN5O2S/c1-16-13-17(23)7-8-19(16)24-21(29)15-31-22-26-25-20(14-27-9-11-30-12-10-27)28(22)18-5-3-2-4-6-18/h2-8,13H,9-12,14-15H2,1H3,(H,24,29). The molecule has 0 bridgehead atoms. The Balaban J connectivity index is 1.48. The third kappa shape index (κ3) is 5.65. The van der Waals surface area contributed by atoms with Gasteiger partial charge >= 0.3 is 0 Å². The molecular weight excluding hydrogens is 434 g/mol. The second kappa shape index (κ2) is 10.3. The predicted molar refractivity (Wildman–Crippen MR) is 123 cm³/mol. The van der Waals surface area contributed by atoms with Gasteiger partial charge in [0.1, 0.15) is 0 Å². The number of hydrogen-bond donors (Lipinski definition) is 1. The first kappa shape index (κ1) is 21.8. The monoisotopic (exact) mass is 457 g/mol. The van der Waals surface area contributed by atoms with Gasteiger partial charge in [-0.15, -0.1) is 10.2 Å². The van der Waals surface area contributed by atoms with E-state index in [4.69, 9.17) is 16.3 Å². The van der Waals surface area contributed by atoms with Crippen molar-refractivity contribution in [1.29, 1.82) is 0 Å². The average molecular weight is 458 g/mol. The van der Waals surface area contributed by atoms with Crippen molar-refractivity contribution in [1.82, 2.24) is 19.7 Å². The van der Waals surface area contributed by atoms with Gasteiger partial charge in [-0.05, 0) is 42.8 Å². The summed E-state index contributed by atoms with van der Waals surface area (Å²) in [5.74, 6) is 0.974. The summed E-state index contributed by atoms with van der Waals surface area (Å²) in [5.41, 5.74) is 2.66. The van der Waals surface area contributed by atoms with E-state index < -0.39 is 0 Å². The van der Waals surface area contributed by atoms with Crippen LogP contribution in [0, 0.1) is 6.92 Å². The largest absolute Gasteiger partial charge is 0.379 e. The number of para-hydroxylation sites is 1. The molecule has 0 unspecified atom stereocenters. The number of ether oxygens (including phenoxy) is 1. The Morgan fingerprint density at radius 3 is 2.68 bits per heavy atom. The Labute approximate surface area is 190 Å². The van der Waals surface area contributed by atoms with Crippen molar-refractivity contribution in [2.45, 2.75) is 18.6 Å². The highest BCUT2D eigenvalue weighted by atomic mass is 35.5. The minimum Gasteiger partial charge on any atom is -0.379 e. The van der Waals surface area contributed by atoms with Crippen LogP contribution in [-0.2, 0) is 16.1 Å². The maximum absolute atomic E-state index is 12.5. The molecule has 1 N–H and O–H groups in total. The van der Waals surface area contributed by atoms with Crippen LogP contribution in [0.1, 0.15) is 11.4 Å². The fourth-order valence-corrected chi connectivity index (χ4v) is 4.37. The lowest BCUT2D eigenvalue weighted by atomic mass is 10.2. The minimum atomic E-state index is -0.104. The predicted octanol–water partition coefficient (Wildman–Crippen LogP) is 3.79. The molecule has 4 rings (SSSR count). The number of nitrogens with one attached hydrogen (secondary N) is 1. The first-order chi connectivity index (χ1) is 15.1. The summed E-state index contributed by atoms with van der Waals surface area (Å²) in [5, 5.41) is 13.1. The van der Waals surface area contributed by atoms with Crippen molar-refractivity contribution >= 4 is 35.0 Å². The van der Waals surface area contributed by atoms with Crippen LogP contribution in [0.25, 0.3) is 5.69 Å². The lowest BCUT2D eigenvalue weighted by molar-refractivity contribution is -0.113. The van der Waals surface area contributed by atoms with E-state index >= 15 is 0 Å². The molecule has 3 aromatic rings. The summed E-state index contributed by atoms with van der Waals surface area (Å²) in [7, 11) is 0. The summed E-state index contributed by atoms with van der Waals surface area (Å²) in [6, 6.07) is 15.4. The molecule has 1 aliphatic rings. The van der Waals surface area contributed by atoms with Gasteiger partial charge in [0, 0.05) is 29.5 Å². The Morgan fingerprint density at radius 1 is 1.16 bits per heavy atom. The van der Waals surface area contributed by atoms with Crippen molar-refractivity contribution in [2.24, 2.45) is 0 Å². The summed E-state index contributed by atoms with van der Waals surface area (Å²) in [4.78, 5) is 14.9. The van der Waals surface area contributed by atoms with E-state index in [1.807, 2.05) is 54.0 Å². The third-order valence-corrected chi connectivity index (χ3v) is 6.14. The quantitative estimate of drug-likeness (QED) is 0.544. The second-order valence-electron chi connectivity index (χ2n) is 7.25. The number of hydrogen-bond acceptors (Lipinski definition) is 6. The van der Waals surface area contributed by atoms with Gasteiger partial charge in [-0.2, -0.15) is 0 Å². The molecule has 7 nitrogen and oxygen atoms in total. The normalized spacial score (nSPS) is 14.5. The number of morpholine rings is 1. The van der Waals surface area contributed by atoms with Gasteiger partial charge < -0.3 is 10.1 Å². The van der Waals surface area contributed by atoms with Gasteiger partial charge in [0.05, 0.1) is 25.5 Å². The van der Waals surface area contributed by atoms with E-state index in [2.05, 4.69) is 20.4 Å². The van der Waals surface area contributed by atoms with Crippen LogP contribution in [0.4, 0.5) is 5.69 Å². The molecule has 0 aliphatic carbocycles. The van der Waals surface area contributed by atoms with Gasteiger partial charge in [0.15, 0.2) is 11.0 Å². The number of benzene rings is 2. The van der Waals surface area contributed by atoms with Gasteiger partial charge in [-0.3, -0.25) is 14.3 Å². The summed E-state index contributed by atoms with van der Waals surface area (Å²) < 4.78 is 7.47. The third-order valence-electron chi connectivity index (χ3n) is 4.98. The zero-order valence-corrected chi connectivity index (χ0v) is 18.8. The molecule has 162 valence electrons. The Morgan fingerprint density at radius 2 is 1.94 bits per heavy atom. The van der Waals surface area contributed by atoms with Crippen LogP contribution < -0.4 is 5.32 Å². The molecular formula is C22H24ClN5O2S. The SMILES string of the molecule is Cc1cc(Cl)ccc1NC(=O)CSc1nnc(CN2CCOCC2)n1-c1ccccc1. The lowest BCUT2D eigenvalue weighted by Crippen LogP contribution is -2.36. The van der Waals surface area contributed by atoms with Crippen molar-refractivity contribution in [3.8, 4) is 5.69 Å². The highest BCUT2D eigenvalue weighted by molar-refractivity contribution is 7.99. The fraction of sp³-hybridized carbons (Fsp3) is 0.318. The minimum absolute atomic E-state index is 0.104. The van der Waals surface area contributed by atoms with Crippen molar-refractivity contribution in [2.75, 3.05) is 37.4 Å². The molecule has 31 heavy (non-hydrogen) atoms. The maximum Gasteiger partial charge on any atom is 0.234 e. The molecule has 0 radical (unpaired) electrons. The average Bonchev–Trinajstić information content (AvgIpc) is 3.18.